The summed E-state index contributed by atoms with van der Waals surface area (Å²) in [5.41, 5.74) is 2.02. The molecule has 182 valence electrons. The Kier molecular flexibility index (Phi) is 7.72. The van der Waals surface area contributed by atoms with Gasteiger partial charge in [-0.25, -0.2) is 0 Å². The Morgan fingerprint density at radius 1 is 1.00 bits per heavy atom. The van der Waals surface area contributed by atoms with E-state index in [2.05, 4.69) is 5.18 Å². The van der Waals surface area contributed by atoms with Gasteiger partial charge in [-0.2, -0.15) is 0 Å². The van der Waals surface area contributed by atoms with Crippen molar-refractivity contribution in [3.05, 3.63) is 111 Å². The number of hydrogen-bond donors (Lipinski definition) is 0. The van der Waals surface area contributed by atoms with E-state index in [-0.39, 0.29) is 17.4 Å². The van der Waals surface area contributed by atoms with Gasteiger partial charge in [0.15, 0.2) is 0 Å². The molecule has 2 atom stereocenters. The number of ether oxygens (including phenoxy) is 1. The number of carbonyl (C=O) groups is 1. The van der Waals surface area contributed by atoms with Crippen molar-refractivity contribution in [2.45, 2.75) is 27.7 Å². The van der Waals surface area contributed by atoms with Gasteiger partial charge in [0.1, 0.15) is 22.9 Å². The summed E-state index contributed by atoms with van der Waals surface area (Å²) < 4.78 is 6.03. The largest absolute Gasteiger partial charge is 0.486 e. The smallest absolute Gasteiger partial charge is 0.238 e. The lowest BCUT2D eigenvalue weighted by Crippen LogP contribution is -2.29. The van der Waals surface area contributed by atoms with Crippen LogP contribution in [0.1, 0.15) is 17.4 Å². The fourth-order valence-corrected chi connectivity index (χ4v) is 6.46. The number of allylic oxidation sites excluding steroid dienone is 1. The van der Waals surface area contributed by atoms with Gasteiger partial charge in [0.2, 0.25) is 5.91 Å². The van der Waals surface area contributed by atoms with Crippen LogP contribution in [0.15, 0.2) is 106 Å². The summed E-state index contributed by atoms with van der Waals surface area (Å²) in [6, 6.07) is 20.2. The van der Waals surface area contributed by atoms with Gasteiger partial charge in [-0.3, -0.25) is 9.69 Å². The molecule has 1 aliphatic carbocycles. The maximum Gasteiger partial charge on any atom is 0.238 e. The van der Waals surface area contributed by atoms with Crippen LogP contribution in [0.5, 0.6) is 5.75 Å². The summed E-state index contributed by atoms with van der Waals surface area (Å²) in [6.45, 7) is 0. The van der Waals surface area contributed by atoms with Crippen LogP contribution >= 0.6 is 46.7 Å². The Bertz CT molecular complexity index is 1340. The monoisotopic (exact) mass is 554 g/mol. The first-order valence-electron chi connectivity index (χ1n) is 11.1. The maximum absolute atomic E-state index is 13.0. The standard InChI is InChI=1S/C27H20Cl2N2O3S2/c28-17-1-8-21(9-2-17)34-22-10-6-20(7-11-22)31-26(32)16-35-27(31)24-15-19(30-33)5-14-25(24)36-23-12-3-18(29)4-13-23/h1-10,12-15,22,27H,11,16H2. The van der Waals surface area contributed by atoms with Crippen LogP contribution in [0.3, 0.4) is 0 Å². The normalized spacial score (nSPS) is 19.3. The first-order valence-corrected chi connectivity index (χ1v) is 13.8. The molecule has 3 aromatic rings. The predicted molar refractivity (Wildman–Crippen MR) is 147 cm³/mol. The first-order chi connectivity index (χ1) is 17.5. The Labute approximate surface area is 227 Å². The van der Waals surface area contributed by atoms with Gasteiger partial charge in [0, 0.05) is 37.5 Å². The van der Waals surface area contributed by atoms with Crippen LogP contribution < -0.4 is 4.74 Å². The van der Waals surface area contributed by atoms with Gasteiger partial charge < -0.3 is 4.74 Å². The number of benzene rings is 3. The van der Waals surface area contributed by atoms with Crippen molar-refractivity contribution in [1.29, 1.82) is 0 Å². The average Bonchev–Trinajstić information content (AvgIpc) is 3.28. The topological polar surface area (TPSA) is 59.0 Å². The molecule has 0 N–H and O–H groups in total. The number of hydrogen-bond acceptors (Lipinski definition) is 6. The number of nitroso groups, excluding NO2 is 1. The maximum atomic E-state index is 13.0. The minimum Gasteiger partial charge on any atom is -0.486 e. The summed E-state index contributed by atoms with van der Waals surface area (Å²) in [6.07, 6.45) is 6.39. The second-order valence-electron chi connectivity index (χ2n) is 8.13. The molecule has 1 amide bonds. The van der Waals surface area contributed by atoms with Crippen LogP contribution in [0, 0.1) is 4.91 Å². The van der Waals surface area contributed by atoms with E-state index in [1.165, 1.54) is 11.8 Å². The SMILES string of the molecule is O=Nc1ccc(Sc2ccc(Cl)cc2)c(C2SCC(=O)N2C2=CCC(Oc3ccc(Cl)cc3)C=C2)c1. The Morgan fingerprint density at radius 2 is 1.72 bits per heavy atom. The Balaban J connectivity index is 1.39. The minimum atomic E-state index is -0.279. The fourth-order valence-electron chi connectivity index (χ4n) is 3.98. The molecule has 0 spiro atoms. The quantitative estimate of drug-likeness (QED) is 0.274. The van der Waals surface area contributed by atoms with E-state index in [1.54, 1.807) is 40.9 Å². The first kappa shape index (κ1) is 25.0. The molecule has 5 rings (SSSR count). The molecule has 1 heterocycles. The molecule has 2 unspecified atom stereocenters. The highest BCUT2D eigenvalue weighted by molar-refractivity contribution is 8.01. The van der Waals surface area contributed by atoms with Gasteiger partial charge in [-0.15, -0.1) is 16.7 Å². The summed E-state index contributed by atoms with van der Waals surface area (Å²) >= 11 is 15.1. The third kappa shape index (κ3) is 5.65. The van der Waals surface area contributed by atoms with Crippen molar-refractivity contribution >= 4 is 58.3 Å². The zero-order valence-electron chi connectivity index (χ0n) is 18.8. The van der Waals surface area contributed by atoms with Crippen molar-refractivity contribution in [3.8, 4) is 5.75 Å². The van der Waals surface area contributed by atoms with Gasteiger partial charge in [-0.05, 0) is 84.1 Å². The lowest BCUT2D eigenvalue weighted by Gasteiger charge is -2.29. The zero-order valence-corrected chi connectivity index (χ0v) is 22.0. The molecule has 1 aliphatic heterocycles. The zero-order chi connectivity index (χ0) is 25.1. The van der Waals surface area contributed by atoms with E-state index >= 15 is 0 Å². The lowest BCUT2D eigenvalue weighted by molar-refractivity contribution is -0.126. The molecule has 9 heteroatoms. The number of carbonyl (C=O) groups excluding carboxylic acids is 1. The molecule has 0 bridgehead atoms. The minimum absolute atomic E-state index is 0.0184. The van der Waals surface area contributed by atoms with Crippen molar-refractivity contribution in [2.24, 2.45) is 5.18 Å². The Hall–Kier alpha value is -2.71. The fraction of sp³-hybridized carbons (Fsp3) is 0.148. The van der Waals surface area contributed by atoms with Crippen LogP contribution in [0.4, 0.5) is 5.69 Å². The number of rotatable bonds is 7. The van der Waals surface area contributed by atoms with E-state index in [4.69, 9.17) is 27.9 Å². The third-order valence-electron chi connectivity index (χ3n) is 5.69. The van der Waals surface area contributed by atoms with Gasteiger partial charge in [0.05, 0.1) is 5.75 Å². The van der Waals surface area contributed by atoms with Crippen molar-refractivity contribution in [3.63, 3.8) is 0 Å². The predicted octanol–water partition coefficient (Wildman–Crippen LogP) is 8.41. The summed E-state index contributed by atoms with van der Waals surface area (Å²) in [4.78, 5) is 28.1. The second kappa shape index (κ2) is 11.1. The van der Waals surface area contributed by atoms with Crippen molar-refractivity contribution in [2.75, 3.05) is 5.75 Å². The molecule has 36 heavy (non-hydrogen) atoms. The molecule has 2 aliphatic rings. The highest BCUT2D eigenvalue weighted by Gasteiger charge is 2.36. The molecule has 5 nitrogen and oxygen atoms in total. The Morgan fingerprint density at radius 3 is 2.39 bits per heavy atom. The lowest BCUT2D eigenvalue weighted by atomic mass is 10.1. The number of halogens is 2. The van der Waals surface area contributed by atoms with Crippen LogP contribution in [0.25, 0.3) is 0 Å². The number of nitrogens with zero attached hydrogens (tertiary/aromatic N) is 2. The molecule has 1 saturated heterocycles. The number of thioether (sulfide) groups is 1. The molecule has 0 saturated carbocycles. The van der Waals surface area contributed by atoms with Crippen LogP contribution in [0.2, 0.25) is 10.0 Å². The highest BCUT2D eigenvalue weighted by Crippen LogP contribution is 2.47. The molecule has 0 aromatic heterocycles. The van der Waals surface area contributed by atoms with Gasteiger partial charge >= 0.3 is 0 Å². The van der Waals surface area contributed by atoms with E-state index < -0.39 is 0 Å². The molecule has 0 radical (unpaired) electrons. The van der Waals surface area contributed by atoms with Gasteiger partial charge in [-0.1, -0.05) is 41.0 Å². The summed E-state index contributed by atoms with van der Waals surface area (Å²) in [7, 11) is 0. The molecular formula is C27H20Cl2N2O3S2. The van der Waals surface area contributed by atoms with E-state index in [0.29, 0.717) is 27.9 Å². The second-order valence-corrected chi connectivity index (χ2v) is 11.2. The summed E-state index contributed by atoms with van der Waals surface area (Å²) in [5.74, 6) is 1.10. The van der Waals surface area contributed by atoms with Crippen molar-refractivity contribution in [1.82, 2.24) is 4.90 Å². The molecular weight excluding hydrogens is 535 g/mol. The highest BCUT2D eigenvalue weighted by atomic mass is 35.5. The van der Waals surface area contributed by atoms with Crippen LogP contribution in [-0.2, 0) is 4.79 Å². The van der Waals surface area contributed by atoms with Crippen molar-refractivity contribution < 1.29 is 9.53 Å². The third-order valence-corrected chi connectivity index (χ3v) is 8.49. The molecule has 3 aromatic carbocycles. The summed E-state index contributed by atoms with van der Waals surface area (Å²) in [5, 5.41) is 4.17. The van der Waals surface area contributed by atoms with Crippen LogP contribution in [-0.4, -0.2) is 22.7 Å². The van der Waals surface area contributed by atoms with Gasteiger partial charge in [0.25, 0.3) is 0 Å². The molecule has 1 fully saturated rings. The average molecular weight is 556 g/mol. The van der Waals surface area contributed by atoms with E-state index in [0.717, 1.165) is 26.8 Å². The number of amides is 1. The van der Waals surface area contributed by atoms with E-state index in [1.807, 2.05) is 60.7 Å². The van der Waals surface area contributed by atoms with E-state index in [9.17, 15) is 9.70 Å².